The normalized spacial score (nSPS) is 14.3. The predicted octanol–water partition coefficient (Wildman–Crippen LogP) is 3.22. The molecule has 0 aliphatic carbocycles. The van der Waals surface area contributed by atoms with Crippen molar-refractivity contribution in [3.05, 3.63) is 54.1 Å². The number of amides is 2. The second kappa shape index (κ2) is 12.3. The highest BCUT2D eigenvalue weighted by Gasteiger charge is 2.27. The van der Waals surface area contributed by atoms with Crippen molar-refractivity contribution < 1.29 is 28.5 Å². The topological polar surface area (TPSA) is 107 Å². The molecule has 2 amide bonds. The molecule has 11 nitrogen and oxygen atoms in total. The van der Waals surface area contributed by atoms with E-state index in [9.17, 15) is 9.59 Å². The first-order valence-electron chi connectivity index (χ1n) is 13.6. The van der Waals surface area contributed by atoms with Gasteiger partial charge in [-0.2, -0.15) is 0 Å². The van der Waals surface area contributed by atoms with Gasteiger partial charge >= 0.3 is 0 Å². The number of carbonyl (C=O) groups excluding carboxylic acids is 2. The van der Waals surface area contributed by atoms with Gasteiger partial charge in [-0.3, -0.25) is 9.59 Å². The third kappa shape index (κ3) is 6.29. The van der Waals surface area contributed by atoms with Gasteiger partial charge in [0.25, 0.3) is 0 Å². The quantitative estimate of drug-likeness (QED) is 0.389. The van der Waals surface area contributed by atoms with Crippen LogP contribution < -0.4 is 23.8 Å². The van der Waals surface area contributed by atoms with E-state index in [0.29, 0.717) is 55.7 Å². The summed E-state index contributed by atoms with van der Waals surface area (Å²) in [5, 5.41) is 8.85. The minimum Gasteiger partial charge on any atom is -0.493 e. The summed E-state index contributed by atoms with van der Waals surface area (Å²) in [6, 6.07) is 15.1. The lowest BCUT2D eigenvalue weighted by Gasteiger charge is -2.36. The minimum atomic E-state index is -0.228. The van der Waals surface area contributed by atoms with Crippen molar-refractivity contribution in [2.75, 3.05) is 58.6 Å². The molecule has 2 aliphatic heterocycles. The number of ether oxygens (including phenoxy) is 4. The van der Waals surface area contributed by atoms with Gasteiger partial charge in [-0.05, 0) is 48.0 Å². The third-order valence-electron chi connectivity index (χ3n) is 7.23. The Balaban J connectivity index is 1.19. The summed E-state index contributed by atoms with van der Waals surface area (Å²) in [7, 11) is 3.20. The molecule has 11 heteroatoms. The van der Waals surface area contributed by atoms with E-state index in [-0.39, 0.29) is 31.1 Å². The summed E-state index contributed by atoms with van der Waals surface area (Å²) in [5.41, 5.74) is 2.48. The number of aromatic nitrogens is 2. The Kier molecular flexibility index (Phi) is 8.42. The van der Waals surface area contributed by atoms with Crippen LogP contribution in [0.25, 0.3) is 11.3 Å². The van der Waals surface area contributed by atoms with Gasteiger partial charge in [-0.15, -0.1) is 10.2 Å². The lowest BCUT2D eigenvalue weighted by atomic mass is 10.1. The molecule has 0 radical (unpaired) electrons. The molecule has 5 rings (SSSR count). The molecule has 0 spiro atoms. The molecule has 3 aromatic rings. The van der Waals surface area contributed by atoms with E-state index in [4.69, 9.17) is 18.9 Å². The van der Waals surface area contributed by atoms with Crippen LogP contribution in [0.5, 0.6) is 23.0 Å². The van der Waals surface area contributed by atoms with Gasteiger partial charge < -0.3 is 33.6 Å². The maximum atomic E-state index is 13.3. The van der Waals surface area contributed by atoms with Gasteiger partial charge in [-0.25, -0.2) is 0 Å². The number of carbonyl (C=O) groups is 2. The van der Waals surface area contributed by atoms with Crippen molar-refractivity contribution in [3.8, 4) is 34.3 Å². The molecule has 3 heterocycles. The van der Waals surface area contributed by atoms with Gasteiger partial charge in [0, 0.05) is 44.2 Å². The number of hydrogen-bond donors (Lipinski definition) is 0. The van der Waals surface area contributed by atoms with E-state index < -0.39 is 0 Å². The van der Waals surface area contributed by atoms with Crippen molar-refractivity contribution in [1.29, 1.82) is 0 Å². The van der Waals surface area contributed by atoms with Crippen molar-refractivity contribution in [2.45, 2.75) is 20.4 Å². The SMILES string of the molecule is COc1ccc(-c2ccc(N3CCN(C(=O)CN(Cc4ccc5c(c4)OCO5)C(=O)C(C)C)CC3)nn2)cc1OC. The monoisotopic (exact) mass is 561 g/mol. The average molecular weight is 562 g/mol. The summed E-state index contributed by atoms with van der Waals surface area (Å²) in [4.78, 5) is 31.8. The Morgan fingerprint density at radius 3 is 2.34 bits per heavy atom. The van der Waals surface area contributed by atoms with Crippen LogP contribution in [0.1, 0.15) is 19.4 Å². The van der Waals surface area contributed by atoms with Crippen LogP contribution in [0.15, 0.2) is 48.5 Å². The van der Waals surface area contributed by atoms with Crippen molar-refractivity contribution >= 4 is 17.6 Å². The summed E-state index contributed by atoms with van der Waals surface area (Å²) in [6.07, 6.45) is 0. The van der Waals surface area contributed by atoms with Gasteiger partial charge in [-0.1, -0.05) is 19.9 Å². The lowest BCUT2D eigenvalue weighted by molar-refractivity contribution is -0.143. The molecule has 0 N–H and O–H groups in total. The molecule has 2 aromatic carbocycles. The first-order chi connectivity index (χ1) is 19.9. The number of anilines is 1. The average Bonchev–Trinajstić information content (AvgIpc) is 3.48. The smallest absolute Gasteiger partial charge is 0.242 e. The Morgan fingerprint density at radius 1 is 0.902 bits per heavy atom. The molecule has 1 saturated heterocycles. The number of methoxy groups -OCH3 is 2. The highest BCUT2D eigenvalue weighted by Crippen LogP contribution is 2.33. The van der Waals surface area contributed by atoms with Gasteiger partial charge in [0.15, 0.2) is 28.8 Å². The van der Waals surface area contributed by atoms with E-state index in [1.165, 1.54) is 0 Å². The van der Waals surface area contributed by atoms with Crippen LogP contribution >= 0.6 is 0 Å². The predicted molar refractivity (Wildman–Crippen MR) is 152 cm³/mol. The Morgan fingerprint density at radius 2 is 1.66 bits per heavy atom. The van der Waals surface area contributed by atoms with E-state index >= 15 is 0 Å². The molecule has 0 saturated carbocycles. The Hall–Kier alpha value is -4.54. The summed E-state index contributed by atoms with van der Waals surface area (Å²) >= 11 is 0. The molecule has 1 fully saturated rings. The largest absolute Gasteiger partial charge is 0.493 e. The van der Waals surface area contributed by atoms with Crippen LogP contribution in [-0.2, 0) is 16.1 Å². The van der Waals surface area contributed by atoms with Crippen LogP contribution in [-0.4, -0.2) is 85.5 Å². The Labute approximate surface area is 239 Å². The van der Waals surface area contributed by atoms with Gasteiger partial charge in [0.2, 0.25) is 18.6 Å². The molecule has 1 aromatic heterocycles. The maximum Gasteiger partial charge on any atom is 0.242 e. The molecular formula is C30H35N5O6. The summed E-state index contributed by atoms with van der Waals surface area (Å²) in [5.74, 6) is 2.99. The summed E-state index contributed by atoms with van der Waals surface area (Å²) in [6.45, 7) is 6.52. The number of fused-ring (bicyclic) bond motifs is 1. The van der Waals surface area contributed by atoms with Crippen LogP contribution in [0.2, 0.25) is 0 Å². The second-order valence-corrected chi connectivity index (χ2v) is 10.3. The fraction of sp³-hybridized carbons (Fsp3) is 0.400. The van der Waals surface area contributed by atoms with E-state index in [1.54, 1.807) is 19.1 Å². The first-order valence-corrected chi connectivity index (χ1v) is 13.6. The third-order valence-corrected chi connectivity index (χ3v) is 7.23. The zero-order valence-electron chi connectivity index (χ0n) is 23.8. The van der Waals surface area contributed by atoms with Crippen molar-refractivity contribution in [3.63, 3.8) is 0 Å². The number of rotatable bonds is 9. The highest BCUT2D eigenvalue weighted by molar-refractivity contribution is 5.86. The second-order valence-electron chi connectivity index (χ2n) is 10.3. The minimum absolute atomic E-state index is 0.0191. The van der Waals surface area contributed by atoms with Crippen molar-refractivity contribution in [1.82, 2.24) is 20.0 Å². The number of nitrogens with zero attached hydrogens (tertiary/aromatic N) is 5. The number of hydrogen-bond acceptors (Lipinski definition) is 9. The summed E-state index contributed by atoms with van der Waals surface area (Å²) < 4.78 is 21.6. The van der Waals surface area contributed by atoms with E-state index in [0.717, 1.165) is 22.6 Å². The molecule has 0 unspecified atom stereocenters. The van der Waals surface area contributed by atoms with E-state index in [2.05, 4.69) is 15.1 Å². The van der Waals surface area contributed by atoms with Crippen LogP contribution in [0.4, 0.5) is 5.82 Å². The zero-order valence-corrected chi connectivity index (χ0v) is 23.8. The standard InChI is InChI=1S/C30H35N5O6/c1-20(2)30(37)35(17-21-5-8-25-27(15-21)41-19-40-25)18-29(36)34-13-11-33(12-14-34)28-10-7-23(31-32-28)22-6-9-24(38-3)26(16-22)39-4/h5-10,15-16,20H,11-14,17-19H2,1-4H3. The molecule has 0 bridgehead atoms. The van der Waals surface area contributed by atoms with Crippen LogP contribution in [0, 0.1) is 5.92 Å². The molecular weight excluding hydrogens is 526 g/mol. The fourth-order valence-electron chi connectivity index (χ4n) is 4.93. The zero-order chi connectivity index (χ0) is 28.9. The molecule has 41 heavy (non-hydrogen) atoms. The number of benzene rings is 2. The highest BCUT2D eigenvalue weighted by atomic mass is 16.7. The Bertz CT molecular complexity index is 1390. The van der Waals surface area contributed by atoms with E-state index in [1.807, 2.05) is 67.3 Å². The fourth-order valence-corrected chi connectivity index (χ4v) is 4.93. The molecule has 0 atom stereocenters. The molecule has 2 aliphatic rings. The first kappa shape index (κ1) is 28.0. The lowest BCUT2D eigenvalue weighted by Crippen LogP contribution is -2.52. The molecule has 216 valence electrons. The van der Waals surface area contributed by atoms with Crippen LogP contribution in [0.3, 0.4) is 0 Å². The maximum absolute atomic E-state index is 13.3. The van der Waals surface area contributed by atoms with Gasteiger partial charge in [0.1, 0.15) is 6.54 Å². The van der Waals surface area contributed by atoms with Gasteiger partial charge in [0.05, 0.1) is 19.9 Å². The number of piperazine rings is 1. The van der Waals surface area contributed by atoms with Crippen molar-refractivity contribution in [2.24, 2.45) is 5.92 Å².